The van der Waals surface area contributed by atoms with Crippen LogP contribution in [0.5, 0.6) is 0 Å². The van der Waals surface area contributed by atoms with E-state index >= 15 is 0 Å². The Morgan fingerprint density at radius 2 is 1.82 bits per heavy atom. The summed E-state index contributed by atoms with van der Waals surface area (Å²) >= 11 is 0. The van der Waals surface area contributed by atoms with Gasteiger partial charge < -0.3 is 11.1 Å². The molecule has 5 nitrogen and oxygen atoms in total. The summed E-state index contributed by atoms with van der Waals surface area (Å²) in [5, 5.41) is 5.33. The maximum atomic E-state index is 11.5. The molecule has 0 bridgehead atoms. The van der Waals surface area contributed by atoms with Gasteiger partial charge in [-0.3, -0.25) is 10.1 Å². The van der Waals surface area contributed by atoms with Gasteiger partial charge in [-0.25, -0.2) is 4.79 Å². The molecule has 98 valence electrons. The highest BCUT2D eigenvalue weighted by Crippen LogP contribution is 2.35. The van der Waals surface area contributed by atoms with Gasteiger partial charge in [0.1, 0.15) is 0 Å². The Balaban J connectivity index is 2.35. The largest absolute Gasteiger partial charge is 0.351 e. The monoisotopic (exact) mass is 241 g/mol. The quantitative estimate of drug-likeness (QED) is 0.692. The molecule has 0 radical (unpaired) electrons. The zero-order valence-electron chi connectivity index (χ0n) is 10.9. The van der Waals surface area contributed by atoms with E-state index in [0.717, 1.165) is 25.7 Å². The van der Waals surface area contributed by atoms with Crippen LogP contribution in [0.1, 0.15) is 46.5 Å². The molecular formula is C12H23N3O2. The van der Waals surface area contributed by atoms with E-state index in [4.69, 9.17) is 5.73 Å². The van der Waals surface area contributed by atoms with Crippen molar-refractivity contribution >= 4 is 11.9 Å². The second kappa shape index (κ2) is 5.49. The van der Waals surface area contributed by atoms with Crippen LogP contribution in [-0.4, -0.2) is 24.0 Å². The number of urea groups is 1. The number of hydrogen-bond acceptors (Lipinski definition) is 3. The van der Waals surface area contributed by atoms with Gasteiger partial charge in [-0.2, -0.15) is 0 Å². The topological polar surface area (TPSA) is 84.2 Å². The van der Waals surface area contributed by atoms with Crippen molar-refractivity contribution < 1.29 is 9.59 Å². The molecule has 4 N–H and O–H groups in total. The number of carbonyl (C=O) groups is 2. The van der Waals surface area contributed by atoms with E-state index in [2.05, 4.69) is 24.5 Å². The lowest BCUT2D eigenvalue weighted by Crippen LogP contribution is -2.50. The van der Waals surface area contributed by atoms with Crippen molar-refractivity contribution in [2.24, 2.45) is 11.1 Å². The molecule has 0 saturated heterocycles. The lowest BCUT2D eigenvalue weighted by Gasteiger charge is -2.35. The first-order chi connectivity index (χ1) is 7.80. The van der Waals surface area contributed by atoms with Crippen molar-refractivity contribution in [2.75, 3.05) is 0 Å². The molecule has 1 aliphatic carbocycles. The average Bonchev–Trinajstić information content (AvgIpc) is 2.20. The summed E-state index contributed by atoms with van der Waals surface area (Å²) in [6.45, 7) is 6.29. The zero-order chi connectivity index (χ0) is 13.1. The Labute approximate surface area is 103 Å². The Bertz CT molecular complexity index is 292. The van der Waals surface area contributed by atoms with Gasteiger partial charge in [0.05, 0.1) is 6.04 Å². The minimum Gasteiger partial charge on any atom is -0.351 e. The minimum absolute atomic E-state index is 0.358. The second-order valence-electron chi connectivity index (χ2n) is 5.68. The van der Waals surface area contributed by atoms with Crippen LogP contribution < -0.4 is 16.4 Å². The van der Waals surface area contributed by atoms with Crippen molar-refractivity contribution in [1.82, 2.24) is 10.6 Å². The molecule has 17 heavy (non-hydrogen) atoms. The molecule has 0 aromatic rings. The third-order valence-electron chi connectivity index (χ3n) is 3.46. The van der Waals surface area contributed by atoms with Gasteiger partial charge in [0.25, 0.3) is 0 Å². The Morgan fingerprint density at radius 1 is 1.29 bits per heavy atom. The highest BCUT2D eigenvalue weighted by molar-refractivity contribution is 5.96. The summed E-state index contributed by atoms with van der Waals surface area (Å²) < 4.78 is 0. The molecule has 1 aliphatic rings. The number of hydrogen-bond donors (Lipinski definition) is 3. The van der Waals surface area contributed by atoms with Gasteiger partial charge in [0, 0.05) is 6.04 Å². The van der Waals surface area contributed by atoms with Crippen molar-refractivity contribution in [3.63, 3.8) is 0 Å². The number of amides is 3. The molecule has 1 rings (SSSR count). The van der Waals surface area contributed by atoms with Gasteiger partial charge in [-0.05, 0) is 38.0 Å². The molecule has 1 saturated carbocycles. The molecule has 1 atom stereocenters. The van der Waals surface area contributed by atoms with Crippen LogP contribution in [0.3, 0.4) is 0 Å². The predicted molar refractivity (Wildman–Crippen MR) is 66.4 cm³/mol. The molecule has 1 unspecified atom stereocenters. The standard InChI is InChI=1S/C12H23N3O2/c1-8(10(16)15-11(13)17)14-9-4-6-12(2,3)7-5-9/h8-9,14H,4-7H2,1-3H3,(H3,13,15,16,17). The lowest BCUT2D eigenvalue weighted by molar-refractivity contribution is -0.121. The number of primary amides is 1. The normalized spacial score (nSPS) is 21.8. The molecule has 1 fully saturated rings. The van der Waals surface area contributed by atoms with E-state index < -0.39 is 6.03 Å². The predicted octanol–water partition coefficient (Wildman–Crippen LogP) is 1.13. The molecule has 5 heteroatoms. The molecule has 0 heterocycles. The number of nitrogens with one attached hydrogen (secondary N) is 2. The molecule has 3 amide bonds. The lowest BCUT2D eigenvalue weighted by atomic mass is 9.75. The number of nitrogens with two attached hydrogens (primary N) is 1. The van der Waals surface area contributed by atoms with Gasteiger partial charge in [0.2, 0.25) is 5.91 Å². The summed E-state index contributed by atoms with van der Waals surface area (Å²) in [7, 11) is 0. The third kappa shape index (κ3) is 4.73. The van der Waals surface area contributed by atoms with Crippen LogP contribution in [-0.2, 0) is 4.79 Å². The van der Waals surface area contributed by atoms with Gasteiger partial charge >= 0.3 is 6.03 Å². The van der Waals surface area contributed by atoms with Crippen LogP contribution in [0.25, 0.3) is 0 Å². The van der Waals surface area contributed by atoms with Crippen LogP contribution in [0.2, 0.25) is 0 Å². The first kappa shape index (κ1) is 14.0. The van der Waals surface area contributed by atoms with Crippen LogP contribution in [0.4, 0.5) is 4.79 Å². The molecular weight excluding hydrogens is 218 g/mol. The summed E-state index contributed by atoms with van der Waals surface area (Å²) in [5.41, 5.74) is 5.31. The van der Waals surface area contributed by atoms with E-state index in [0.29, 0.717) is 11.5 Å². The first-order valence-corrected chi connectivity index (χ1v) is 6.16. The molecule has 0 aromatic heterocycles. The fourth-order valence-corrected chi connectivity index (χ4v) is 2.22. The average molecular weight is 241 g/mol. The Hall–Kier alpha value is -1.10. The smallest absolute Gasteiger partial charge is 0.318 e. The number of carbonyl (C=O) groups excluding carboxylic acids is 2. The van der Waals surface area contributed by atoms with E-state index in [1.807, 2.05) is 0 Å². The van der Waals surface area contributed by atoms with Crippen molar-refractivity contribution in [3.05, 3.63) is 0 Å². The minimum atomic E-state index is -0.798. The fourth-order valence-electron chi connectivity index (χ4n) is 2.22. The van der Waals surface area contributed by atoms with Crippen LogP contribution >= 0.6 is 0 Å². The first-order valence-electron chi connectivity index (χ1n) is 6.16. The van der Waals surface area contributed by atoms with Crippen molar-refractivity contribution in [1.29, 1.82) is 0 Å². The van der Waals surface area contributed by atoms with Gasteiger partial charge in [0.15, 0.2) is 0 Å². The van der Waals surface area contributed by atoms with Crippen molar-refractivity contribution in [3.8, 4) is 0 Å². The maximum absolute atomic E-state index is 11.5. The molecule has 0 aliphatic heterocycles. The third-order valence-corrected chi connectivity index (χ3v) is 3.46. The van der Waals surface area contributed by atoms with Crippen molar-refractivity contribution in [2.45, 2.75) is 58.5 Å². The van der Waals surface area contributed by atoms with Crippen LogP contribution in [0, 0.1) is 5.41 Å². The Kier molecular flexibility index (Phi) is 4.51. The summed E-state index contributed by atoms with van der Waals surface area (Å²) in [6.07, 6.45) is 4.46. The summed E-state index contributed by atoms with van der Waals surface area (Å²) in [6, 6.07) is -0.821. The molecule has 0 spiro atoms. The summed E-state index contributed by atoms with van der Waals surface area (Å²) in [5.74, 6) is -0.359. The van der Waals surface area contributed by atoms with Crippen LogP contribution in [0.15, 0.2) is 0 Å². The van der Waals surface area contributed by atoms with E-state index in [1.165, 1.54) is 0 Å². The summed E-state index contributed by atoms with van der Waals surface area (Å²) in [4.78, 5) is 22.0. The molecule has 0 aromatic carbocycles. The number of imide groups is 1. The highest BCUT2D eigenvalue weighted by atomic mass is 16.2. The number of rotatable bonds is 3. The fraction of sp³-hybridized carbons (Fsp3) is 0.833. The zero-order valence-corrected chi connectivity index (χ0v) is 10.9. The van der Waals surface area contributed by atoms with E-state index in [1.54, 1.807) is 6.92 Å². The van der Waals surface area contributed by atoms with Gasteiger partial charge in [-0.15, -0.1) is 0 Å². The SMILES string of the molecule is CC(NC1CCC(C)(C)CC1)C(=O)NC(N)=O. The van der Waals surface area contributed by atoms with Gasteiger partial charge in [-0.1, -0.05) is 13.8 Å². The maximum Gasteiger partial charge on any atom is 0.318 e. The highest BCUT2D eigenvalue weighted by Gasteiger charge is 2.28. The second-order valence-corrected chi connectivity index (χ2v) is 5.68. The Morgan fingerprint density at radius 3 is 2.29 bits per heavy atom. The van der Waals surface area contributed by atoms with E-state index in [9.17, 15) is 9.59 Å². The van der Waals surface area contributed by atoms with E-state index in [-0.39, 0.29) is 11.9 Å².